The standard InChI is InChI=1S/C19H16N6O2/c26-16-10-17(27)25(13-5-1-4-12(9-13)19-21-23-24-22-19)15-8-7-11-3-2-6-14(11)18(15)20-16/h1,4-5,7-9H,2-3,6,10H2,(H,20,26)(H,21,22,23,24). The van der Waals surface area contributed by atoms with E-state index in [1.165, 1.54) is 5.56 Å². The number of aromatic nitrogens is 4. The minimum atomic E-state index is -0.278. The van der Waals surface area contributed by atoms with Gasteiger partial charge in [-0.1, -0.05) is 18.2 Å². The Kier molecular flexibility index (Phi) is 3.49. The maximum atomic E-state index is 12.9. The molecule has 134 valence electrons. The molecular weight excluding hydrogens is 344 g/mol. The second-order valence-electron chi connectivity index (χ2n) is 6.71. The number of anilines is 3. The normalized spacial score (nSPS) is 15.9. The van der Waals surface area contributed by atoms with Gasteiger partial charge in [0.1, 0.15) is 6.42 Å². The third-order valence-electron chi connectivity index (χ3n) is 5.05. The van der Waals surface area contributed by atoms with E-state index in [0.29, 0.717) is 17.2 Å². The fourth-order valence-electron chi connectivity index (χ4n) is 3.87. The molecule has 2 aromatic carbocycles. The first-order valence-electron chi connectivity index (χ1n) is 8.82. The second kappa shape index (κ2) is 6.01. The Hall–Kier alpha value is -3.55. The number of tetrazole rings is 1. The van der Waals surface area contributed by atoms with Gasteiger partial charge in [0.05, 0.1) is 11.4 Å². The van der Waals surface area contributed by atoms with Crippen LogP contribution in [0.5, 0.6) is 0 Å². The van der Waals surface area contributed by atoms with Crippen LogP contribution in [0.2, 0.25) is 0 Å². The Labute approximate surface area is 154 Å². The molecule has 0 saturated carbocycles. The largest absolute Gasteiger partial charge is 0.324 e. The van der Waals surface area contributed by atoms with Gasteiger partial charge in [0.25, 0.3) is 0 Å². The van der Waals surface area contributed by atoms with E-state index in [-0.39, 0.29) is 18.2 Å². The lowest BCUT2D eigenvalue weighted by molar-refractivity contribution is -0.124. The molecule has 8 heteroatoms. The van der Waals surface area contributed by atoms with Crippen LogP contribution < -0.4 is 10.2 Å². The molecule has 1 aromatic heterocycles. The van der Waals surface area contributed by atoms with E-state index >= 15 is 0 Å². The summed E-state index contributed by atoms with van der Waals surface area (Å²) >= 11 is 0. The smallest absolute Gasteiger partial charge is 0.241 e. The number of hydrogen-bond acceptors (Lipinski definition) is 5. The van der Waals surface area contributed by atoms with E-state index in [9.17, 15) is 9.59 Å². The van der Waals surface area contributed by atoms with Crippen molar-refractivity contribution in [3.63, 3.8) is 0 Å². The average molecular weight is 360 g/mol. The molecular formula is C19H16N6O2. The number of fused-ring (bicyclic) bond motifs is 3. The van der Waals surface area contributed by atoms with E-state index in [2.05, 4.69) is 32.0 Å². The van der Waals surface area contributed by atoms with Crippen molar-refractivity contribution in [1.29, 1.82) is 0 Å². The van der Waals surface area contributed by atoms with Gasteiger partial charge < -0.3 is 5.32 Å². The third-order valence-corrected chi connectivity index (χ3v) is 5.05. The molecule has 0 saturated heterocycles. The van der Waals surface area contributed by atoms with E-state index in [0.717, 1.165) is 36.1 Å². The van der Waals surface area contributed by atoms with Gasteiger partial charge in [0.15, 0.2) is 5.82 Å². The number of rotatable bonds is 2. The zero-order valence-corrected chi connectivity index (χ0v) is 14.4. The number of carbonyl (C=O) groups excluding carboxylic acids is 2. The Balaban J connectivity index is 1.67. The van der Waals surface area contributed by atoms with Crippen LogP contribution in [0.25, 0.3) is 11.4 Å². The highest BCUT2D eigenvalue weighted by Gasteiger charge is 2.31. The molecule has 1 aliphatic carbocycles. The van der Waals surface area contributed by atoms with Crippen LogP contribution in [0.4, 0.5) is 17.1 Å². The summed E-state index contributed by atoms with van der Waals surface area (Å²) in [5, 5.41) is 16.8. The SMILES string of the molecule is O=C1CC(=O)N(c2cccc(-c3nnn[nH]3)c2)c2ccc3c(c2N1)CCC3. The maximum Gasteiger partial charge on any atom is 0.241 e. The fraction of sp³-hybridized carbons (Fsp3) is 0.211. The Morgan fingerprint density at radius 3 is 2.85 bits per heavy atom. The van der Waals surface area contributed by atoms with Crippen molar-refractivity contribution in [2.24, 2.45) is 0 Å². The first-order valence-corrected chi connectivity index (χ1v) is 8.82. The van der Waals surface area contributed by atoms with Crippen molar-refractivity contribution in [2.45, 2.75) is 25.7 Å². The summed E-state index contributed by atoms with van der Waals surface area (Å²) in [6.07, 6.45) is 2.77. The summed E-state index contributed by atoms with van der Waals surface area (Å²) in [5.74, 6) is -0.0285. The number of hydrogen-bond donors (Lipinski definition) is 2. The highest BCUT2D eigenvalue weighted by molar-refractivity contribution is 6.17. The minimum absolute atomic E-state index is 0.197. The summed E-state index contributed by atoms with van der Waals surface area (Å²) in [7, 11) is 0. The average Bonchev–Trinajstić information content (AvgIpc) is 3.33. The van der Waals surface area contributed by atoms with Gasteiger partial charge in [-0.3, -0.25) is 14.5 Å². The molecule has 5 rings (SSSR count). The zero-order valence-electron chi connectivity index (χ0n) is 14.4. The van der Waals surface area contributed by atoms with Crippen molar-refractivity contribution in [2.75, 3.05) is 10.2 Å². The number of aromatic amines is 1. The van der Waals surface area contributed by atoms with Crippen LogP contribution in [0.3, 0.4) is 0 Å². The molecule has 0 bridgehead atoms. The van der Waals surface area contributed by atoms with Crippen molar-refractivity contribution in [3.8, 4) is 11.4 Å². The lowest BCUT2D eigenvalue weighted by Gasteiger charge is -2.24. The van der Waals surface area contributed by atoms with Crippen molar-refractivity contribution >= 4 is 28.9 Å². The molecule has 2 heterocycles. The second-order valence-corrected chi connectivity index (χ2v) is 6.71. The molecule has 0 fully saturated rings. The predicted molar refractivity (Wildman–Crippen MR) is 98.5 cm³/mol. The van der Waals surface area contributed by atoms with Crippen LogP contribution >= 0.6 is 0 Å². The number of aryl methyl sites for hydroxylation is 1. The van der Waals surface area contributed by atoms with Gasteiger partial charge in [-0.15, -0.1) is 5.10 Å². The molecule has 27 heavy (non-hydrogen) atoms. The van der Waals surface area contributed by atoms with Crippen LogP contribution in [0.15, 0.2) is 36.4 Å². The third kappa shape index (κ3) is 2.57. The first-order chi connectivity index (χ1) is 13.2. The molecule has 0 unspecified atom stereocenters. The predicted octanol–water partition coefficient (Wildman–Crippen LogP) is 2.36. The van der Waals surface area contributed by atoms with Crippen molar-refractivity contribution < 1.29 is 9.59 Å². The van der Waals surface area contributed by atoms with Gasteiger partial charge in [0, 0.05) is 11.3 Å². The molecule has 2 amide bonds. The van der Waals surface area contributed by atoms with Gasteiger partial charge in [-0.05, 0) is 59.0 Å². The molecule has 0 spiro atoms. The number of amides is 2. The van der Waals surface area contributed by atoms with Crippen LogP contribution in [0, 0.1) is 0 Å². The molecule has 0 radical (unpaired) electrons. The number of benzene rings is 2. The zero-order chi connectivity index (χ0) is 18.4. The lowest BCUT2D eigenvalue weighted by Crippen LogP contribution is -2.26. The molecule has 8 nitrogen and oxygen atoms in total. The topological polar surface area (TPSA) is 104 Å². The summed E-state index contributed by atoms with van der Waals surface area (Å²) in [6.45, 7) is 0. The first kappa shape index (κ1) is 15.7. The lowest BCUT2D eigenvalue weighted by atomic mass is 10.0. The number of nitrogens with zero attached hydrogens (tertiary/aromatic N) is 4. The number of nitrogens with one attached hydrogen (secondary N) is 2. The van der Waals surface area contributed by atoms with Crippen LogP contribution in [-0.4, -0.2) is 32.4 Å². The van der Waals surface area contributed by atoms with Gasteiger partial charge >= 0.3 is 0 Å². The maximum absolute atomic E-state index is 12.9. The van der Waals surface area contributed by atoms with Gasteiger partial charge in [0.2, 0.25) is 11.8 Å². The fourth-order valence-corrected chi connectivity index (χ4v) is 3.87. The van der Waals surface area contributed by atoms with Crippen LogP contribution in [-0.2, 0) is 22.4 Å². The van der Waals surface area contributed by atoms with Crippen molar-refractivity contribution in [1.82, 2.24) is 20.6 Å². The highest BCUT2D eigenvalue weighted by Crippen LogP contribution is 2.42. The van der Waals surface area contributed by atoms with Gasteiger partial charge in [-0.25, -0.2) is 5.10 Å². The van der Waals surface area contributed by atoms with E-state index in [1.807, 2.05) is 30.3 Å². The Morgan fingerprint density at radius 1 is 1.07 bits per heavy atom. The quantitative estimate of drug-likeness (QED) is 0.683. The highest BCUT2D eigenvalue weighted by atomic mass is 16.2. The number of carbonyl (C=O) groups is 2. The summed E-state index contributed by atoms with van der Waals surface area (Å²) < 4.78 is 0. The molecule has 2 aliphatic rings. The van der Waals surface area contributed by atoms with E-state index in [1.54, 1.807) is 4.90 Å². The van der Waals surface area contributed by atoms with Gasteiger partial charge in [-0.2, -0.15) is 0 Å². The summed E-state index contributed by atoms with van der Waals surface area (Å²) in [6, 6.07) is 11.4. The Morgan fingerprint density at radius 2 is 2.00 bits per heavy atom. The van der Waals surface area contributed by atoms with Crippen molar-refractivity contribution in [3.05, 3.63) is 47.5 Å². The molecule has 1 aliphatic heterocycles. The van der Waals surface area contributed by atoms with E-state index in [4.69, 9.17) is 0 Å². The molecule has 3 aromatic rings. The number of H-pyrrole nitrogens is 1. The van der Waals surface area contributed by atoms with Crippen LogP contribution in [0.1, 0.15) is 24.0 Å². The Bertz CT molecular complexity index is 1060. The monoisotopic (exact) mass is 360 g/mol. The van der Waals surface area contributed by atoms with E-state index < -0.39 is 0 Å². The summed E-state index contributed by atoms with van der Waals surface area (Å²) in [5.41, 5.74) is 5.27. The summed E-state index contributed by atoms with van der Waals surface area (Å²) in [4.78, 5) is 26.8. The molecule has 2 N–H and O–H groups in total. The minimum Gasteiger partial charge on any atom is -0.324 e. The molecule has 0 atom stereocenters.